The monoisotopic (exact) mass is 359 g/mol. The number of nitrogens with one attached hydrogen (secondary N) is 1. The highest BCUT2D eigenvalue weighted by atomic mass is 79.9. The van der Waals surface area contributed by atoms with E-state index < -0.39 is 0 Å². The molecular formula is C15H10BrN3O3. The third kappa shape index (κ3) is 2.58. The van der Waals surface area contributed by atoms with E-state index in [1.807, 2.05) is 0 Å². The average molecular weight is 360 g/mol. The van der Waals surface area contributed by atoms with Crippen molar-refractivity contribution in [1.82, 2.24) is 10.4 Å². The molecule has 2 aromatic rings. The van der Waals surface area contributed by atoms with Crippen LogP contribution >= 0.6 is 15.9 Å². The molecule has 6 nitrogen and oxygen atoms in total. The lowest BCUT2D eigenvalue weighted by molar-refractivity contribution is -0.116. The maximum Gasteiger partial charge on any atom is 0.273 e. The van der Waals surface area contributed by atoms with E-state index in [2.05, 4.69) is 31.4 Å². The first-order chi connectivity index (χ1) is 10.6. The molecule has 2 heterocycles. The zero-order chi connectivity index (χ0) is 15.7. The van der Waals surface area contributed by atoms with E-state index in [0.717, 1.165) is 0 Å². The second kappa shape index (κ2) is 5.61. The van der Waals surface area contributed by atoms with Gasteiger partial charge in [0.2, 0.25) is 0 Å². The number of aromatic hydroxyl groups is 2. The Labute approximate surface area is 134 Å². The molecule has 7 heteroatoms. The lowest BCUT2D eigenvalue weighted by Crippen LogP contribution is -2.13. The van der Waals surface area contributed by atoms with Crippen molar-refractivity contribution in [1.29, 1.82) is 0 Å². The van der Waals surface area contributed by atoms with Crippen molar-refractivity contribution in [3.63, 3.8) is 0 Å². The molecule has 1 aromatic carbocycles. The number of hydrogen-bond donors (Lipinski definition) is 3. The predicted molar refractivity (Wildman–Crippen MR) is 84.4 cm³/mol. The minimum absolute atomic E-state index is 0.120. The molecule has 0 bridgehead atoms. The van der Waals surface area contributed by atoms with E-state index in [0.29, 0.717) is 22.4 Å². The molecule has 0 atom stereocenters. The van der Waals surface area contributed by atoms with Crippen LogP contribution in [0.1, 0.15) is 11.1 Å². The molecule has 110 valence electrons. The van der Waals surface area contributed by atoms with Crippen molar-refractivity contribution < 1.29 is 15.0 Å². The van der Waals surface area contributed by atoms with Crippen LogP contribution in [0, 0.1) is 0 Å². The Morgan fingerprint density at radius 1 is 1.23 bits per heavy atom. The fourth-order valence-electron chi connectivity index (χ4n) is 2.06. The minimum atomic E-state index is -0.360. The highest BCUT2D eigenvalue weighted by Gasteiger charge is 2.24. The fraction of sp³-hybridized carbons (Fsp3) is 0. The topological polar surface area (TPSA) is 94.8 Å². The average Bonchev–Trinajstić information content (AvgIpc) is 2.87. The van der Waals surface area contributed by atoms with Crippen LogP contribution in [0.15, 0.2) is 51.8 Å². The fourth-order valence-corrected chi connectivity index (χ4v) is 2.29. The maximum absolute atomic E-state index is 12.0. The minimum Gasteiger partial charge on any atom is -0.507 e. The summed E-state index contributed by atoms with van der Waals surface area (Å²) in [5, 5.41) is 23.5. The number of halogens is 1. The molecule has 0 fully saturated rings. The molecule has 22 heavy (non-hydrogen) atoms. The molecule has 0 saturated carbocycles. The summed E-state index contributed by atoms with van der Waals surface area (Å²) >= 11 is 3.05. The van der Waals surface area contributed by atoms with E-state index in [-0.39, 0.29) is 21.9 Å². The van der Waals surface area contributed by atoms with Crippen molar-refractivity contribution in [3.05, 3.63) is 57.8 Å². The lowest BCUT2D eigenvalue weighted by atomic mass is 10.0. The summed E-state index contributed by atoms with van der Waals surface area (Å²) in [4.78, 5) is 16.0. The summed E-state index contributed by atoms with van der Waals surface area (Å²) in [5.74, 6) is -0.601. The van der Waals surface area contributed by atoms with Gasteiger partial charge in [0, 0.05) is 18.0 Å². The molecule has 0 radical (unpaired) electrons. The standard InChI is InChI=1S/C15H10BrN3O3/c16-13-11(20)5-8(6-12(13)21)4-10-14(18-19-15(10)22)9-2-1-3-17-7-9/h1-7,20-21H,(H,19,22)/b10-4-. The molecule has 1 aromatic heterocycles. The Bertz CT molecular complexity index is 793. The summed E-state index contributed by atoms with van der Waals surface area (Å²) in [6, 6.07) is 6.40. The molecule has 0 spiro atoms. The largest absolute Gasteiger partial charge is 0.507 e. The lowest BCUT2D eigenvalue weighted by Gasteiger charge is -2.04. The zero-order valence-electron chi connectivity index (χ0n) is 11.1. The van der Waals surface area contributed by atoms with Gasteiger partial charge in [-0.15, -0.1) is 0 Å². The number of carbonyl (C=O) groups is 1. The number of nitrogens with zero attached hydrogens (tertiary/aromatic N) is 2. The van der Waals surface area contributed by atoms with Crippen molar-refractivity contribution in [3.8, 4) is 11.5 Å². The Balaban J connectivity index is 2.06. The quantitative estimate of drug-likeness (QED) is 0.716. The van der Waals surface area contributed by atoms with Crippen molar-refractivity contribution in [2.45, 2.75) is 0 Å². The summed E-state index contributed by atoms with van der Waals surface area (Å²) < 4.78 is 0.201. The van der Waals surface area contributed by atoms with E-state index in [9.17, 15) is 15.0 Å². The summed E-state index contributed by atoms with van der Waals surface area (Å²) in [6.45, 7) is 0. The molecular weight excluding hydrogens is 350 g/mol. The highest BCUT2D eigenvalue weighted by molar-refractivity contribution is 9.10. The smallest absolute Gasteiger partial charge is 0.273 e. The zero-order valence-corrected chi connectivity index (χ0v) is 12.7. The van der Waals surface area contributed by atoms with Crippen molar-refractivity contribution in [2.24, 2.45) is 5.10 Å². The second-order valence-corrected chi connectivity index (χ2v) is 5.37. The Morgan fingerprint density at radius 3 is 2.59 bits per heavy atom. The first kappa shape index (κ1) is 14.3. The number of phenolic OH excluding ortho intramolecular Hbond substituents is 2. The third-order valence-corrected chi connectivity index (χ3v) is 3.88. The highest BCUT2D eigenvalue weighted by Crippen LogP contribution is 2.34. The van der Waals surface area contributed by atoms with E-state index in [1.54, 1.807) is 30.6 Å². The number of carbonyl (C=O) groups excluding carboxylic acids is 1. The van der Waals surface area contributed by atoms with Crippen LogP contribution < -0.4 is 5.43 Å². The number of hydrazone groups is 1. The van der Waals surface area contributed by atoms with Crippen LogP contribution in [0.4, 0.5) is 0 Å². The van der Waals surface area contributed by atoms with Gasteiger partial charge in [-0.3, -0.25) is 9.78 Å². The van der Waals surface area contributed by atoms with Gasteiger partial charge >= 0.3 is 0 Å². The molecule has 3 rings (SSSR count). The summed E-state index contributed by atoms with van der Waals surface area (Å²) in [6.07, 6.45) is 4.77. The van der Waals surface area contributed by atoms with Crippen LogP contribution in [-0.4, -0.2) is 26.8 Å². The molecule has 1 aliphatic rings. The molecule has 1 aliphatic heterocycles. The van der Waals surface area contributed by atoms with Crippen molar-refractivity contribution >= 4 is 33.6 Å². The predicted octanol–water partition coefficient (Wildman–Crippen LogP) is 2.17. The van der Waals surface area contributed by atoms with Gasteiger partial charge in [-0.1, -0.05) is 0 Å². The number of hydrogen-bond acceptors (Lipinski definition) is 5. The van der Waals surface area contributed by atoms with Crippen LogP contribution in [0.2, 0.25) is 0 Å². The van der Waals surface area contributed by atoms with Gasteiger partial charge in [0.25, 0.3) is 5.91 Å². The van der Waals surface area contributed by atoms with Gasteiger partial charge in [0.15, 0.2) is 0 Å². The van der Waals surface area contributed by atoms with Crippen LogP contribution in [-0.2, 0) is 4.79 Å². The van der Waals surface area contributed by atoms with Crippen LogP contribution in [0.5, 0.6) is 11.5 Å². The Kier molecular flexibility index (Phi) is 3.64. The van der Waals surface area contributed by atoms with Gasteiger partial charge in [0.05, 0.1) is 5.57 Å². The second-order valence-electron chi connectivity index (χ2n) is 4.57. The number of benzene rings is 1. The first-order valence-electron chi connectivity index (χ1n) is 6.28. The number of rotatable bonds is 2. The number of amides is 1. The van der Waals surface area contributed by atoms with Crippen molar-refractivity contribution in [2.75, 3.05) is 0 Å². The van der Waals surface area contributed by atoms with E-state index in [4.69, 9.17) is 0 Å². The first-order valence-corrected chi connectivity index (χ1v) is 7.07. The molecule has 0 saturated heterocycles. The number of phenols is 2. The van der Waals surface area contributed by atoms with Gasteiger partial charge in [-0.2, -0.15) is 5.10 Å². The third-order valence-electron chi connectivity index (χ3n) is 3.07. The van der Waals surface area contributed by atoms with Gasteiger partial charge < -0.3 is 10.2 Å². The molecule has 0 aliphatic carbocycles. The molecule has 0 unspecified atom stereocenters. The van der Waals surface area contributed by atoms with Gasteiger partial charge in [-0.25, -0.2) is 5.43 Å². The van der Waals surface area contributed by atoms with Crippen LogP contribution in [0.25, 0.3) is 6.08 Å². The number of pyridine rings is 1. The van der Waals surface area contributed by atoms with Crippen LogP contribution in [0.3, 0.4) is 0 Å². The number of aromatic nitrogens is 1. The van der Waals surface area contributed by atoms with E-state index >= 15 is 0 Å². The van der Waals surface area contributed by atoms with Gasteiger partial charge in [0.1, 0.15) is 21.7 Å². The summed E-state index contributed by atoms with van der Waals surface area (Å²) in [5.41, 5.74) is 4.35. The van der Waals surface area contributed by atoms with E-state index in [1.165, 1.54) is 12.1 Å². The van der Waals surface area contributed by atoms with Gasteiger partial charge in [-0.05, 0) is 51.8 Å². The maximum atomic E-state index is 12.0. The Hall–Kier alpha value is -2.67. The SMILES string of the molecule is O=C1NN=C(c2cccnc2)/C1=C/c1cc(O)c(Br)c(O)c1. The Morgan fingerprint density at radius 2 is 1.95 bits per heavy atom. The molecule has 1 amide bonds. The summed E-state index contributed by atoms with van der Waals surface area (Å²) in [7, 11) is 0. The normalized spacial score (nSPS) is 15.8. The molecule has 3 N–H and O–H groups in total.